The minimum Gasteiger partial charge on any atom is -0.481 e. The highest BCUT2D eigenvalue weighted by Gasteiger charge is 2.48. The molecule has 0 aromatic rings. The molecular formula is C10H14O7. The highest BCUT2D eigenvalue weighted by atomic mass is 16.5. The Bertz CT molecular complexity index is 305. The second-order valence-corrected chi connectivity index (χ2v) is 3.33. The topological polar surface area (TPSA) is 107 Å². The second kappa shape index (κ2) is 6.62. The quantitative estimate of drug-likeness (QED) is 0.375. The molecule has 0 saturated carbocycles. The molecule has 0 aromatic heterocycles. The fraction of sp³-hybridized carbons (Fsp3) is 0.600. The number of aliphatic carboxylic acids is 1. The molecule has 0 saturated heterocycles. The van der Waals surface area contributed by atoms with Gasteiger partial charge in [-0.05, 0) is 6.42 Å². The van der Waals surface area contributed by atoms with Crippen LogP contribution in [0.3, 0.4) is 0 Å². The van der Waals surface area contributed by atoms with Crippen molar-refractivity contribution in [2.24, 2.45) is 5.41 Å². The third-order valence-corrected chi connectivity index (χ3v) is 2.35. The zero-order chi connectivity index (χ0) is 13.5. The summed E-state index contributed by atoms with van der Waals surface area (Å²) in [6, 6.07) is 0. The van der Waals surface area contributed by atoms with Crippen LogP contribution in [0.5, 0.6) is 0 Å². The Morgan fingerprint density at radius 3 is 1.94 bits per heavy atom. The average molecular weight is 246 g/mol. The number of rotatable bonds is 7. The van der Waals surface area contributed by atoms with Gasteiger partial charge in [0.2, 0.25) is 0 Å². The van der Waals surface area contributed by atoms with Gasteiger partial charge in [0.25, 0.3) is 0 Å². The maximum Gasteiger partial charge on any atom is 0.323 e. The van der Waals surface area contributed by atoms with E-state index in [9.17, 15) is 19.2 Å². The smallest absolute Gasteiger partial charge is 0.323 e. The van der Waals surface area contributed by atoms with Crippen LogP contribution in [0.2, 0.25) is 0 Å². The number of carbonyl (C=O) groups is 4. The van der Waals surface area contributed by atoms with E-state index in [1.54, 1.807) is 0 Å². The zero-order valence-electron chi connectivity index (χ0n) is 9.60. The molecule has 0 aliphatic carbocycles. The summed E-state index contributed by atoms with van der Waals surface area (Å²) in [6.45, 7) is 0. The van der Waals surface area contributed by atoms with Gasteiger partial charge in [-0.15, -0.1) is 0 Å². The van der Waals surface area contributed by atoms with Crippen LogP contribution in [0.15, 0.2) is 0 Å². The van der Waals surface area contributed by atoms with E-state index in [1.807, 2.05) is 0 Å². The number of aldehydes is 1. The normalized spacial score (nSPS) is 10.5. The molecule has 0 aliphatic rings. The average Bonchev–Trinajstić information content (AvgIpc) is 2.32. The summed E-state index contributed by atoms with van der Waals surface area (Å²) in [5.41, 5.74) is -1.87. The lowest BCUT2D eigenvalue weighted by Gasteiger charge is -2.25. The van der Waals surface area contributed by atoms with Crippen LogP contribution in [0, 0.1) is 5.41 Å². The number of carboxylic acid groups (broad SMARTS) is 1. The molecule has 0 aromatic carbocycles. The fourth-order valence-electron chi connectivity index (χ4n) is 1.41. The van der Waals surface area contributed by atoms with Crippen LogP contribution in [0.1, 0.15) is 19.3 Å². The van der Waals surface area contributed by atoms with E-state index in [4.69, 9.17) is 5.11 Å². The molecule has 96 valence electrons. The van der Waals surface area contributed by atoms with Gasteiger partial charge in [0.1, 0.15) is 6.29 Å². The van der Waals surface area contributed by atoms with Gasteiger partial charge in [0.15, 0.2) is 5.41 Å². The second-order valence-electron chi connectivity index (χ2n) is 3.33. The molecule has 0 aliphatic heterocycles. The van der Waals surface area contributed by atoms with E-state index in [1.165, 1.54) is 0 Å². The maximum absolute atomic E-state index is 11.6. The number of carbonyl (C=O) groups excluding carboxylic acids is 3. The first-order valence-electron chi connectivity index (χ1n) is 4.77. The van der Waals surface area contributed by atoms with Crippen molar-refractivity contribution in [3.8, 4) is 0 Å². The number of hydrogen-bond acceptors (Lipinski definition) is 6. The van der Waals surface area contributed by atoms with Gasteiger partial charge in [0.05, 0.1) is 14.2 Å². The van der Waals surface area contributed by atoms with Gasteiger partial charge in [-0.25, -0.2) is 0 Å². The Hall–Kier alpha value is -1.92. The minimum absolute atomic E-state index is 0.347. The lowest BCUT2D eigenvalue weighted by Crippen LogP contribution is -2.42. The molecule has 7 nitrogen and oxygen atoms in total. The summed E-state index contributed by atoms with van der Waals surface area (Å²) in [5, 5.41) is 8.56. The van der Waals surface area contributed by atoms with E-state index in [-0.39, 0.29) is 6.42 Å². The van der Waals surface area contributed by atoms with Crippen molar-refractivity contribution in [1.82, 2.24) is 0 Å². The van der Waals surface area contributed by atoms with Gasteiger partial charge in [0, 0.05) is 12.8 Å². The van der Waals surface area contributed by atoms with Crippen molar-refractivity contribution in [3.63, 3.8) is 0 Å². The third kappa shape index (κ3) is 3.54. The summed E-state index contributed by atoms with van der Waals surface area (Å²) in [6.07, 6.45) is -0.909. The molecule has 1 N–H and O–H groups in total. The maximum atomic E-state index is 11.6. The standard InChI is InChI=1S/C10H14O7/c1-16-8(14)10(5-6-11,9(15)17-2)4-3-7(12)13/h6H,3-5H2,1-2H3,(H,12,13). The van der Waals surface area contributed by atoms with Crippen molar-refractivity contribution >= 4 is 24.2 Å². The van der Waals surface area contributed by atoms with Gasteiger partial charge < -0.3 is 19.4 Å². The number of carboxylic acids is 1. The first-order chi connectivity index (χ1) is 7.94. The molecule has 0 spiro atoms. The van der Waals surface area contributed by atoms with Crippen LogP contribution in [-0.2, 0) is 28.7 Å². The lowest BCUT2D eigenvalue weighted by molar-refractivity contribution is -0.171. The van der Waals surface area contributed by atoms with E-state index >= 15 is 0 Å². The van der Waals surface area contributed by atoms with Crippen LogP contribution in [-0.4, -0.2) is 43.5 Å². The SMILES string of the molecule is COC(=O)C(CC=O)(CCC(=O)O)C(=O)OC. The van der Waals surface area contributed by atoms with Crippen molar-refractivity contribution in [3.05, 3.63) is 0 Å². The number of methoxy groups -OCH3 is 2. The van der Waals surface area contributed by atoms with Crippen molar-refractivity contribution in [1.29, 1.82) is 0 Å². The van der Waals surface area contributed by atoms with Crippen molar-refractivity contribution in [2.75, 3.05) is 14.2 Å². The molecule has 0 amide bonds. The van der Waals surface area contributed by atoms with Gasteiger partial charge in [-0.1, -0.05) is 0 Å². The van der Waals surface area contributed by atoms with Crippen LogP contribution in [0.4, 0.5) is 0 Å². The van der Waals surface area contributed by atoms with Crippen molar-refractivity contribution < 1.29 is 33.8 Å². The Morgan fingerprint density at radius 2 is 1.65 bits per heavy atom. The Labute approximate surface area is 97.7 Å². The Morgan fingerprint density at radius 1 is 1.18 bits per heavy atom. The summed E-state index contributed by atoms with van der Waals surface area (Å²) in [5.74, 6) is -3.14. The first kappa shape index (κ1) is 15.1. The van der Waals surface area contributed by atoms with Crippen molar-refractivity contribution in [2.45, 2.75) is 19.3 Å². The summed E-state index contributed by atoms with van der Waals surface area (Å²) in [7, 11) is 2.09. The van der Waals surface area contributed by atoms with E-state index in [0.717, 1.165) is 14.2 Å². The number of esters is 2. The molecule has 17 heavy (non-hydrogen) atoms. The number of hydrogen-bond donors (Lipinski definition) is 1. The Kier molecular flexibility index (Phi) is 5.87. The molecule has 0 unspecified atom stereocenters. The largest absolute Gasteiger partial charge is 0.481 e. The Balaban J connectivity index is 5.22. The predicted molar refractivity (Wildman–Crippen MR) is 54.0 cm³/mol. The van der Waals surface area contributed by atoms with Gasteiger partial charge in [-0.3, -0.25) is 14.4 Å². The van der Waals surface area contributed by atoms with Gasteiger partial charge in [-0.2, -0.15) is 0 Å². The fourth-order valence-corrected chi connectivity index (χ4v) is 1.41. The molecular weight excluding hydrogens is 232 g/mol. The highest BCUT2D eigenvalue weighted by Crippen LogP contribution is 2.30. The van der Waals surface area contributed by atoms with Crippen LogP contribution in [0.25, 0.3) is 0 Å². The zero-order valence-corrected chi connectivity index (χ0v) is 9.60. The van der Waals surface area contributed by atoms with Gasteiger partial charge >= 0.3 is 17.9 Å². The summed E-state index contributed by atoms with van der Waals surface area (Å²) in [4.78, 5) is 44.1. The molecule has 0 bridgehead atoms. The minimum atomic E-state index is -1.87. The molecule has 0 heterocycles. The van der Waals surface area contributed by atoms with E-state index in [2.05, 4.69) is 9.47 Å². The molecule has 0 fully saturated rings. The summed E-state index contributed by atoms with van der Waals surface area (Å²) < 4.78 is 8.86. The molecule has 0 atom stereocenters. The van der Waals surface area contributed by atoms with Crippen LogP contribution >= 0.6 is 0 Å². The predicted octanol–water partition coefficient (Wildman–Crippen LogP) is -0.227. The molecule has 7 heteroatoms. The highest BCUT2D eigenvalue weighted by molar-refractivity contribution is 6.02. The van der Waals surface area contributed by atoms with E-state index in [0.29, 0.717) is 6.29 Å². The molecule has 0 rings (SSSR count). The van der Waals surface area contributed by atoms with E-state index < -0.39 is 36.2 Å². The van der Waals surface area contributed by atoms with Crippen LogP contribution < -0.4 is 0 Å². The lowest BCUT2D eigenvalue weighted by atomic mass is 9.80. The summed E-state index contributed by atoms with van der Waals surface area (Å²) >= 11 is 0. The monoisotopic (exact) mass is 246 g/mol. The molecule has 0 radical (unpaired) electrons. The first-order valence-corrected chi connectivity index (χ1v) is 4.77. The number of ether oxygens (including phenoxy) is 2. The third-order valence-electron chi connectivity index (χ3n) is 2.35.